The van der Waals surface area contributed by atoms with E-state index < -0.39 is 0 Å². The molecule has 1 aromatic carbocycles. The van der Waals surface area contributed by atoms with Gasteiger partial charge >= 0.3 is 0 Å². The Morgan fingerprint density at radius 3 is 2.93 bits per heavy atom. The summed E-state index contributed by atoms with van der Waals surface area (Å²) in [5, 5.41) is 10.1. The van der Waals surface area contributed by atoms with Crippen LogP contribution in [0.4, 0.5) is 0 Å². The number of rotatable bonds is 6. The summed E-state index contributed by atoms with van der Waals surface area (Å²) >= 11 is 7.91. The molecule has 0 saturated heterocycles. The number of aromatic nitrogens is 3. The van der Waals surface area contributed by atoms with Crippen molar-refractivity contribution in [3.63, 3.8) is 0 Å². The van der Waals surface area contributed by atoms with Gasteiger partial charge in [-0.15, -0.1) is 16.8 Å². The van der Waals surface area contributed by atoms with Crippen LogP contribution in [0.1, 0.15) is 11.3 Å². The highest BCUT2D eigenvalue weighted by Crippen LogP contribution is 2.39. The Kier molecular flexibility index (Phi) is 5.13. The molecule has 0 atom stereocenters. The summed E-state index contributed by atoms with van der Waals surface area (Å²) in [5.74, 6) is 3.55. The van der Waals surface area contributed by atoms with Crippen molar-refractivity contribution >= 4 is 23.4 Å². The molecule has 0 aliphatic carbocycles. The molecule has 0 bridgehead atoms. The fourth-order valence-electron chi connectivity index (χ4n) is 2.90. The van der Waals surface area contributed by atoms with E-state index in [0.29, 0.717) is 42.0 Å². The van der Waals surface area contributed by atoms with Crippen LogP contribution in [0.25, 0.3) is 11.4 Å². The van der Waals surface area contributed by atoms with E-state index in [0.717, 1.165) is 27.9 Å². The van der Waals surface area contributed by atoms with E-state index in [1.54, 1.807) is 18.0 Å². The number of hydrogen-bond acceptors (Lipinski definition) is 6. The highest BCUT2D eigenvalue weighted by atomic mass is 35.5. The van der Waals surface area contributed by atoms with Crippen molar-refractivity contribution < 1.29 is 13.9 Å². The van der Waals surface area contributed by atoms with Crippen molar-refractivity contribution in [2.24, 2.45) is 0 Å². The molecule has 0 amide bonds. The molecule has 0 saturated carbocycles. The number of hydrogen-bond donors (Lipinski definition) is 0. The lowest BCUT2D eigenvalue weighted by Gasteiger charge is -2.20. The van der Waals surface area contributed by atoms with Crippen LogP contribution in [0.5, 0.6) is 11.5 Å². The Morgan fingerprint density at radius 1 is 1.30 bits per heavy atom. The van der Waals surface area contributed by atoms with Gasteiger partial charge in [-0.2, -0.15) is 0 Å². The third-order valence-corrected chi connectivity index (χ3v) is 5.47. The van der Waals surface area contributed by atoms with E-state index in [-0.39, 0.29) is 0 Å². The first-order valence-corrected chi connectivity index (χ1v) is 9.83. The lowest BCUT2D eigenvalue weighted by atomic mass is 10.2. The quantitative estimate of drug-likeness (QED) is 0.437. The van der Waals surface area contributed by atoms with Crippen LogP contribution in [0.15, 0.2) is 46.7 Å². The third-order valence-electron chi connectivity index (χ3n) is 4.15. The second-order valence-electron chi connectivity index (χ2n) is 5.99. The number of allylic oxidation sites excluding steroid dienone is 1. The van der Waals surface area contributed by atoms with Gasteiger partial charge in [-0.05, 0) is 30.7 Å². The van der Waals surface area contributed by atoms with Crippen LogP contribution in [-0.4, -0.2) is 28.0 Å². The fourth-order valence-corrected chi connectivity index (χ4v) is 4.07. The first kappa shape index (κ1) is 18.0. The van der Waals surface area contributed by atoms with Gasteiger partial charge in [0.1, 0.15) is 19.0 Å². The Morgan fingerprint density at radius 2 is 2.15 bits per heavy atom. The maximum absolute atomic E-state index is 6.33. The van der Waals surface area contributed by atoms with E-state index in [1.807, 2.05) is 35.8 Å². The summed E-state index contributed by atoms with van der Waals surface area (Å²) in [5.41, 5.74) is 1.96. The summed E-state index contributed by atoms with van der Waals surface area (Å²) in [7, 11) is 0. The number of furan rings is 1. The molecule has 0 unspecified atom stereocenters. The molecule has 6 nitrogen and oxygen atoms in total. The van der Waals surface area contributed by atoms with Gasteiger partial charge in [-0.25, -0.2) is 0 Å². The van der Waals surface area contributed by atoms with Gasteiger partial charge in [-0.3, -0.25) is 4.57 Å². The zero-order valence-electron chi connectivity index (χ0n) is 14.8. The normalized spacial score (nSPS) is 13.0. The Balaban J connectivity index is 1.58. The second kappa shape index (κ2) is 7.70. The molecule has 27 heavy (non-hydrogen) atoms. The van der Waals surface area contributed by atoms with Crippen molar-refractivity contribution in [1.29, 1.82) is 0 Å². The molecule has 0 N–H and O–H groups in total. The zero-order valence-corrected chi connectivity index (χ0v) is 16.3. The van der Waals surface area contributed by atoms with Gasteiger partial charge in [0.25, 0.3) is 0 Å². The number of nitrogens with zero attached hydrogens (tertiary/aromatic N) is 3. The molecule has 8 heteroatoms. The average molecular weight is 404 g/mol. The summed E-state index contributed by atoms with van der Waals surface area (Å²) < 4.78 is 18.6. The third kappa shape index (κ3) is 3.57. The van der Waals surface area contributed by atoms with Gasteiger partial charge in [0.2, 0.25) is 0 Å². The first-order valence-electron chi connectivity index (χ1n) is 8.46. The predicted molar refractivity (Wildman–Crippen MR) is 105 cm³/mol. The number of aryl methyl sites for hydroxylation is 1. The van der Waals surface area contributed by atoms with Gasteiger partial charge in [0.05, 0.1) is 16.8 Å². The molecule has 2 aromatic heterocycles. The van der Waals surface area contributed by atoms with E-state index in [4.69, 9.17) is 25.5 Å². The SMILES string of the molecule is C=CCn1c(SCc2cc(Cl)c3c(c2)OCCO3)nnc1-c1ccoc1C. The summed E-state index contributed by atoms with van der Waals surface area (Å²) in [6.45, 7) is 7.40. The van der Waals surface area contributed by atoms with Gasteiger partial charge in [0, 0.05) is 12.3 Å². The zero-order chi connectivity index (χ0) is 18.8. The highest BCUT2D eigenvalue weighted by molar-refractivity contribution is 7.98. The fraction of sp³-hybridized carbons (Fsp3) is 0.263. The molecule has 1 aliphatic heterocycles. The van der Waals surface area contributed by atoms with Crippen molar-refractivity contribution in [3.8, 4) is 22.9 Å². The lowest BCUT2D eigenvalue weighted by molar-refractivity contribution is 0.171. The Labute approximate surface area is 166 Å². The average Bonchev–Trinajstić information content (AvgIpc) is 3.26. The number of halogens is 1. The molecule has 3 aromatic rings. The monoisotopic (exact) mass is 403 g/mol. The second-order valence-corrected chi connectivity index (χ2v) is 7.34. The maximum Gasteiger partial charge on any atom is 0.192 e. The molecule has 3 heterocycles. The van der Waals surface area contributed by atoms with Crippen molar-refractivity contribution in [2.45, 2.75) is 24.4 Å². The molecule has 0 spiro atoms. The summed E-state index contributed by atoms with van der Waals surface area (Å²) in [4.78, 5) is 0. The Hall–Kier alpha value is -2.38. The van der Waals surface area contributed by atoms with Crippen LogP contribution in [0.3, 0.4) is 0 Å². The van der Waals surface area contributed by atoms with E-state index >= 15 is 0 Å². The van der Waals surface area contributed by atoms with Crippen LogP contribution >= 0.6 is 23.4 Å². The topological polar surface area (TPSA) is 62.3 Å². The standard InChI is InChI=1S/C19H18ClN3O3S/c1-3-5-23-18(14-4-6-24-12(14)2)21-22-19(23)27-11-13-9-15(20)17-16(10-13)25-7-8-26-17/h3-4,6,9-10H,1,5,7-8,11H2,2H3. The van der Waals surface area contributed by atoms with Crippen LogP contribution in [0, 0.1) is 6.92 Å². The first-order chi connectivity index (χ1) is 13.2. The maximum atomic E-state index is 6.33. The van der Waals surface area contributed by atoms with Crippen molar-refractivity contribution in [2.75, 3.05) is 13.2 Å². The van der Waals surface area contributed by atoms with E-state index in [9.17, 15) is 0 Å². The Bertz CT molecular complexity index is 983. The minimum Gasteiger partial charge on any atom is -0.486 e. The van der Waals surface area contributed by atoms with Gasteiger partial charge < -0.3 is 13.9 Å². The summed E-state index contributed by atoms with van der Waals surface area (Å²) in [6, 6.07) is 5.76. The predicted octanol–water partition coefficient (Wildman–Crippen LogP) is 4.75. The van der Waals surface area contributed by atoms with E-state index in [1.165, 1.54) is 0 Å². The molecule has 0 fully saturated rings. The van der Waals surface area contributed by atoms with Crippen molar-refractivity contribution in [1.82, 2.24) is 14.8 Å². The number of fused-ring (bicyclic) bond motifs is 1. The molecule has 140 valence electrons. The molecule has 4 rings (SSSR count). The van der Waals surface area contributed by atoms with Crippen LogP contribution < -0.4 is 9.47 Å². The number of thioether (sulfide) groups is 1. The molecule has 0 radical (unpaired) electrons. The molecular formula is C19H18ClN3O3S. The van der Waals surface area contributed by atoms with Crippen LogP contribution in [-0.2, 0) is 12.3 Å². The number of ether oxygens (including phenoxy) is 2. The molecule has 1 aliphatic rings. The molecular weight excluding hydrogens is 386 g/mol. The number of benzene rings is 1. The minimum absolute atomic E-state index is 0.516. The van der Waals surface area contributed by atoms with Gasteiger partial charge in [-0.1, -0.05) is 29.4 Å². The highest BCUT2D eigenvalue weighted by Gasteiger charge is 2.19. The van der Waals surface area contributed by atoms with Crippen molar-refractivity contribution in [3.05, 3.63) is 53.5 Å². The van der Waals surface area contributed by atoms with Gasteiger partial charge in [0.15, 0.2) is 22.5 Å². The summed E-state index contributed by atoms with van der Waals surface area (Å²) in [6.07, 6.45) is 3.48. The minimum atomic E-state index is 0.516. The lowest BCUT2D eigenvalue weighted by Crippen LogP contribution is -2.15. The smallest absolute Gasteiger partial charge is 0.192 e. The largest absolute Gasteiger partial charge is 0.486 e. The van der Waals surface area contributed by atoms with Crippen LogP contribution in [0.2, 0.25) is 5.02 Å². The van der Waals surface area contributed by atoms with E-state index in [2.05, 4.69) is 16.8 Å².